The third kappa shape index (κ3) is 3.91. The number of ether oxygens (including phenoxy) is 1. The van der Waals surface area contributed by atoms with E-state index in [0.717, 1.165) is 25.2 Å². The number of nitrogens with one attached hydrogen (secondary N) is 1. The van der Waals surface area contributed by atoms with E-state index in [9.17, 15) is 0 Å². The van der Waals surface area contributed by atoms with Crippen LogP contribution in [0.4, 0.5) is 0 Å². The minimum atomic E-state index is 0.514. The molecule has 0 saturated carbocycles. The van der Waals surface area contributed by atoms with Crippen LogP contribution in [0.15, 0.2) is 0 Å². The molecule has 2 aliphatic rings. The van der Waals surface area contributed by atoms with Crippen molar-refractivity contribution in [3.8, 4) is 0 Å². The van der Waals surface area contributed by atoms with Gasteiger partial charge in [-0.05, 0) is 26.3 Å². The molecule has 0 aromatic carbocycles. The number of fused-ring (bicyclic) bond motifs is 2. The molecule has 2 bridgehead atoms. The first-order valence-electron chi connectivity index (χ1n) is 7.80. The fraction of sp³-hybridized carbons (Fsp3) is 1.00. The Morgan fingerprint density at radius 1 is 1.21 bits per heavy atom. The second kappa shape index (κ2) is 7.02. The number of hydrogen-bond acceptors (Lipinski definition) is 4. The van der Waals surface area contributed by atoms with Crippen molar-refractivity contribution in [3.63, 3.8) is 0 Å². The van der Waals surface area contributed by atoms with Crippen molar-refractivity contribution in [2.24, 2.45) is 0 Å². The van der Waals surface area contributed by atoms with Crippen LogP contribution in [0.1, 0.15) is 33.1 Å². The molecule has 112 valence electrons. The summed E-state index contributed by atoms with van der Waals surface area (Å²) in [6.45, 7) is 8.72. The Morgan fingerprint density at radius 2 is 1.95 bits per heavy atom. The van der Waals surface area contributed by atoms with Gasteiger partial charge in [-0.25, -0.2) is 0 Å². The summed E-state index contributed by atoms with van der Waals surface area (Å²) in [5, 5.41) is 3.57. The molecule has 2 aliphatic heterocycles. The van der Waals surface area contributed by atoms with Crippen LogP contribution >= 0.6 is 0 Å². The topological polar surface area (TPSA) is 27.7 Å². The molecule has 1 N–H and O–H groups in total. The number of methoxy groups -OCH3 is 1. The molecule has 0 spiro atoms. The number of rotatable bonds is 6. The molecular weight excluding hydrogens is 238 g/mol. The highest BCUT2D eigenvalue weighted by Crippen LogP contribution is 2.29. The third-order valence-electron chi connectivity index (χ3n) is 4.82. The van der Waals surface area contributed by atoms with E-state index >= 15 is 0 Å². The van der Waals surface area contributed by atoms with Crippen LogP contribution in [0.3, 0.4) is 0 Å². The molecule has 3 unspecified atom stereocenters. The van der Waals surface area contributed by atoms with Crippen molar-refractivity contribution in [1.82, 2.24) is 15.1 Å². The van der Waals surface area contributed by atoms with E-state index in [2.05, 4.69) is 36.0 Å². The quantitative estimate of drug-likeness (QED) is 0.783. The zero-order valence-corrected chi connectivity index (χ0v) is 13.1. The normalized spacial score (nSPS) is 30.8. The highest BCUT2D eigenvalue weighted by Gasteiger charge is 2.36. The predicted octanol–water partition coefficient (Wildman–Crippen LogP) is 1.17. The van der Waals surface area contributed by atoms with Crippen LogP contribution in [-0.4, -0.2) is 74.4 Å². The van der Waals surface area contributed by atoms with Gasteiger partial charge >= 0.3 is 0 Å². The summed E-state index contributed by atoms with van der Waals surface area (Å²) in [4.78, 5) is 5.26. The largest absolute Gasteiger partial charge is 0.383 e. The van der Waals surface area contributed by atoms with Crippen molar-refractivity contribution in [1.29, 1.82) is 0 Å². The zero-order valence-electron chi connectivity index (χ0n) is 13.1. The van der Waals surface area contributed by atoms with Crippen molar-refractivity contribution in [2.75, 3.05) is 40.4 Å². The average molecular weight is 269 g/mol. The van der Waals surface area contributed by atoms with Gasteiger partial charge in [0.15, 0.2) is 0 Å². The fourth-order valence-corrected chi connectivity index (χ4v) is 3.52. The molecule has 4 nitrogen and oxygen atoms in total. The Bertz CT molecular complexity index is 272. The van der Waals surface area contributed by atoms with E-state index in [1.165, 1.54) is 32.4 Å². The maximum Gasteiger partial charge on any atom is 0.0630 e. The molecular formula is C15H31N3O. The Hall–Kier alpha value is -0.160. The van der Waals surface area contributed by atoms with Crippen LogP contribution in [0, 0.1) is 0 Å². The lowest BCUT2D eigenvalue weighted by Crippen LogP contribution is -2.49. The molecule has 2 rings (SSSR count). The predicted molar refractivity (Wildman–Crippen MR) is 79.6 cm³/mol. The van der Waals surface area contributed by atoms with Gasteiger partial charge in [0, 0.05) is 50.9 Å². The number of hydrogen-bond donors (Lipinski definition) is 1. The second-order valence-electron chi connectivity index (χ2n) is 6.51. The molecule has 0 aromatic heterocycles. The Labute approximate surface area is 118 Å². The number of likely N-dealkylation sites (N-methyl/N-ethyl adjacent to an activating group) is 1. The first kappa shape index (κ1) is 15.2. The van der Waals surface area contributed by atoms with Crippen molar-refractivity contribution in [3.05, 3.63) is 0 Å². The van der Waals surface area contributed by atoms with E-state index in [4.69, 9.17) is 4.74 Å². The van der Waals surface area contributed by atoms with Crippen LogP contribution in [-0.2, 0) is 4.74 Å². The van der Waals surface area contributed by atoms with E-state index in [0.29, 0.717) is 12.1 Å². The first-order valence-corrected chi connectivity index (χ1v) is 7.80. The van der Waals surface area contributed by atoms with Crippen LogP contribution in [0.25, 0.3) is 0 Å². The second-order valence-corrected chi connectivity index (χ2v) is 6.51. The molecule has 0 radical (unpaired) electrons. The highest BCUT2D eigenvalue weighted by molar-refractivity contribution is 4.93. The summed E-state index contributed by atoms with van der Waals surface area (Å²) in [5.41, 5.74) is 0. The maximum absolute atomic E-state index is 5.44. The average Bonchev–Trinajstić information content (AvgIpc) is 2.59. The minimum absolute atomic E-state index is 0.514. The minimum Gasteiger partial charge on any atom is -0.383 e. The van der Waals surface area contributed by atoms with Gasteiger partial charge in [-0.2, -0.15) is 0 Å². The fourth-order valence-electron chi connectivity index (χ4n) is 3.52. The summed E-state index contributed by atoms with van der Waals surface area (Å²) < 4.78 is 5.44. The monoisotopic (exact) mass is 269 g/mol. The SMILES string of the molecule is COCC(CNC(C)C)N1CCC2CCC(C1)N2C. The smallest absolute Gasteiger partial charge is 0.0630 e. The molecule has 0 aliphatic carbocycles. The van der Waals surface area contributed by atoms with Crippen molar-refractivity contribution < 1.29 is 4.74 Å². The highest BCUT2D eigenvalue weighted by atomic mass is 16.5. The Morgan fingerprint density at radius 3 is 2.63 bits per heavy atom. The van der Waals surface area contributed by atoms with Crippen molar-refractivity contribution >= 4 is 0 Å². The van der Waals surface area contributed by atoms with Gasteiger partial charge in [-0.3, -0.25) is 9.80 Å². The van der Waals surface area contributed by atoms with E-state index in [-0.39, 0.29) is 0 Å². The van der Waals surface area contributed by atoms with Crippen LogP contribution in [0.2, 0.25) is 0 Å². The summed E-state index contributed by atoms with van der Waals surface area (Å²) in [6, 6.07) is 2.63. The maximum atomic E-state index is 5.44. The third-order valence-corrected chi connectivity index (χ3v) is 4.82. The van der Waals surface area contributed by atoms with Gasteiger partial charge in [0.1, 0.15) is 0 Å². The van der Waals surface area contributed by atoms with Gasteiger partial charge in [-0.1, -0.05) is 13.8 Å². The lowest BCUT2D eigenvalue weighted by atomic mass is 10.1. The number of likely N-dealkylation sites (tertiary alicyclic amines) is 1. The van der Waals surface area contributed by atoms with Gasteiger partial charge < -0.3 is 10.1 Å². The Kier molecular flexibility index (Phi) is 5.63. The van der Waals surface area contributed by atoms with Gasteiger partial charge in [0.2, 0.25) is 0 Å². The molecule has 3 atom stereocenters. The molecule has 2 saturated heterocycles. The molecule has 2 heterocycles. The molecule has 0 amide bonds. The lowest BCUT2D eigenvalue weighted by molar-refractivity contribution is 0.0815. The van der Waals surface area contributed by atoms with E-state index in [1.54, 1.807) is 0 Å². The zero-order chi connectivity index (χ0) is 13.8. The summed E-state index contributed by atoms with van der Waals surface area (Å²) in [7, 11) is 4.13. The molecule has 2 fully saturated rings. The van der Waals surface area contributed by atoms with Gasteiger partial charge in [-0.15, -0.1) is 0 Å². The van der Waals surface area contributed by atoms with Gasteiger partial charge in [0.05, 0.1) is 6.61 Å². The summed E-state index contributed by atoms with van der Waals surface area (Å²) in [5.74, 6) is 0. The lowest BCUT2D eigenvalue weighted by Gasteiger charge is -2.33. The molecule has 19 heavy (non-hydrogen) atoms. The van der Waals surface area contributed by atoms with E-state index in [1.807, 2.05) is 7.11 Å². The van der Waals surface area contributed by atoms with Gasteiger partial charge in [0.25, 0.3) is 0 Å². The molecule has 0 aromatic rings. The first-order chi connectivity index (χ1) is 9.11. The summed E-state index contributed by atoms with van der Waals surface area (Å²) in [6.07, 6.45) is 4.08. The standard InChI is InChI=1S/C15H31N3O/c1-12(2)16-9-15(11-19-4)18-8-7-13-5-6-14(10-18)17(13)3/h12-16H,5-11H2,1-4H3. The summed E-state index contributed by atoms with van der Waals surface area (Å²) >= 11 is 0. The Balaban J connectivity index is 1.93. The van der Waals surface area contributed by atoms with Crippen LogP contribution < -0.4 is 5.32 Å². The van der Waals surface area contributed by atoms with Crippen LogP contribution in [0.5, 0.6) is 0 Å². The molecule has 4 heteroatoms. The van der Waals surface area contributed by atoms with Crippen molar-refractivity contribution in [2.45, 2.75) is 57.3 Å². The number of nitrogens with zero attached hydrogens (tertiary/aromatic N) is 2. The van der Waals surface area contributed by atoms with E-state index < -0.39 is 0 Å².